The first-order valence-corrected chi connectivity index (χ1v) is 8.88. The fraction of sp³-hybridized carbons (Fsp3) is 0.632. The molecular formula is C19H23FN2O3. The number of anilines is 1. The van der Waals surface area contributed by atoms with E-state index in [0.29, 0.717) is 5.92 Å². The molecular weight excluding hydrogens is 323 g/mol. The Morgan fingerprint density at radius 2 is 1.84 bits per heavy atom. The van der Waals surface area contributed by atoms with E-state index in [1.54, 1.807) is 0 Å². The number of nitro benzene ring substituents is 1. The minimum absolute atomic E-state index is 0.0924. The quantitative estimate of drug-likeness (QED) is 0.638. The second-order valence-electron chi connectivity index (χ2n) is 9.29. The molecule has 0 aromatic heterocycles. The van der Waals surface area contributed by atoms with Crippen LogP contribution < -0.4 is 5.32 Å². The van der Waals surface area contributed by atoms with Crippen molar-refractivity contribution in [2.45, 2.75) is 52.4 Å². The Hall–Kier alpha value is -1.98. The molecule has 0 heterocycles. The number of nitrogens with one attached hydrogen (secondary N) is 1. The van der Waals surface area contributed by atoms with Crippen LogP contribution in [-0.4, -0.2) is 10.8 Å². The average Bonchev–Trinajstić information content (AvgIpc) is 2.45. The lowest BCUT2D eigenvalue weighted by atomic mass is 9.40. The molecule has 1 N–H and O–H groups in total. The Balaban J connectivity index is 1.64. The van der Waals surface area contributed by atoms with E-state index in [-0.39, 0.29) is 28.1 Å². The van der Waals surface area contributed by atoms with Gasteiger partial charge in [0.25, 0.3) is 5.69 Å². The van der Waals surface area contributed by atoms with Crippen molar-refractivity contribution in [1.82, 2.24) is 0 Å². The molecule has 0 aliphatic heterocycles. The normalized spacial score (nSPS) is 38.6. The largest absolute Gasteiger partial charge is 0.323 e. The molecule has 4 fully saturated rings. The lowest BCUT2D eigenvalue weighted by molar-refractivity contribution is -0.384. The number of nitrogens with zero attached hydrogens (tertiary/aromatic N) is 1. The van der Waals surface area contributed by atoms with Crippen LogP contribution in [-0.2, 0) is 4.79 Å². The molecule has 0 radical (unpaired) electrons. The number of hydrogen-bond acceptors (Lipinski definition) is 3. The summed E-state index contributed by atoms with van der Waals surface area (Å²) in [6.45, 7) is 4.54. The first-order chi connectivity index (χ1) is 11.6. The number of non-ortho nitro benzene ring substituents is 1. The average molecular weight is 346 g/mol. The van der Waals surface area contributed by atoms with Crippen molar-refractivity contribution in [2.75, 3.05) is 5.32 Å². The minimum atomic E-state index is -0.638. The van der Waals surface area contributed by atoms with Gasteiger partial charge in [-0.2, -0.15) is 0 Å². The van der Waals surface area contributed by atoms with Gasteiger partial charge >= 0.3 is 0 Å². The molecule has 4 bridgehead atoms. The third-order valence-corrected chi connectivity index (χ3v) is 6.52. The molecule has 1 amide bonds. The van der Waals surface area contributed by atoms with E-state index in [1.165, 1.54) is 12.8 Å². The van der Waals surface area contributed by atoms with Crippen LogP contribution in [0.2, 0.25) is 0 Å². The van der Waals surface area contributed by atoms with Gasteiger partial charge in [-0.3, -0.25) is 14.9 Å². The number of nitro groups is 1. The number of carbonyl (C=O) groups is 1. The first kappa shape index (κ1) is 16.5. The van der Waals surface area contributed by atoms with Gasteiger partial charge in [0, 0.05) is 12.1 Å². The van der Waals surface area contributed by atoms with Crippen molar-refractivity contribution < 1.29 is 14.1 Å². The fourth-order valence-corrected chi connectivity index (χ4v) is 6.68. The maximum absolute atomic E-state index is 14.1. The SMILES string of the molecule is CC12CC3CC(C)(C1)CC(C(=O)Nc1cc([N+](=O)[O-])ccc1F)(C3)C2. The number of amides is 1. The van der Waals surface area contributed by atoms with Crippen molar-refractivity contribution in [3.05, 3.63) is 34.1 Å². The van der Waals surface area contributed by atoms with Crippen LogP contribution in [0.15, 0.2) is 18.2 Å². The van der Waals surface area contributed by atoms with Crippen LogP contribution in [0.1, 0.15) is 52.4 Å². The fourth-order valence-electron chi connectivity index (χ4n) is 6.68. The summed E-state index contributed by atoms with van der Waals surface area (Å²) in [4.78, 5) is 23.5. The number of benzene rings is 1. The first-order valence-electron chi connectivity index (χ1n) is 8.88. The Bertz CT molecular complexity index is 760. The Labute approximate surface area is 146 Å². The van der Waals surface area contributed by atoms with E-state index in [4.69, 9.17) is 0 Å². The summed E-state index contributed by atoms with van der Waals surface area (Å²) in [7, 11) is 0. The summed E-state index contributed by atoms with van der Waals surface area (Å²) in [5, 5.41) is 13.6. The molecule has 0 saturated heterocycles. The van der Waals surface area contributed by atoms with E-state index in [2.05, 4.69) is 19.2 Å². The lowest BCUT2D eigenvalue weighted by Crippen LogP contribution is -2.58. The molecule has 4 aliphatic carbocycles. The Morgan fingerprint density at radius 3 is 2.40 bits per heavy atom. The molecule has 25 heavy (non-hydrogen) atoms. The van der Waals surface area contributed by atoms with E-state index in [0.717, 1.165) is 43.9 Å². The molecule has 4 saturated carbocycles. The standard InChI is InChI=1S/C19H23FN2O3/c1-17-6-12-7-18(2,9-17)11-19(8-12,10-17)16(23)21-15-5-13(22(24)25)3-4-14(15)20/h3-5,12H,6-11H2,1-2H3,(H,21,23). The molecule has 1 aromatic carbocycles. The third kappa shape index (κ3) is 2.62. The maximum Gasteiger partial charge on any atom is 0.271 e. The Morgan fingerprint density at radius 1 is 1.20 bits per heavy atom. The molecule has 1 aromatic rings. The van der Waals surface area contributed by atoms with Gasteiger partial charge in [-0.05, 0) is 61.3 Å². The summed E-state index contributed by atoms with van der Waals surface area (Å²) >= 11 is 0. The van der Waals surface area contributed by atoms with Gasteiger partial charge in [-0.15, -0.1) is 0 Å². The van der Waals surface area contributed by atoms with Crippen LogP contribution in [0.3, 0.4) is 0 Å². The zero-order valence-corrected chi connectivity index (χ0v) is 14.6. The predicted molar refractivity (Wildman–Crippen MR) is 91.5 cm³/mol. The second-order valence-corrected chi connectivity index (χ2v) is 9.29. The molecule has 0 spiro atoms. The van der Waals surface area contributed by atoms with Gasteiger partial charge in [0.1, 0.15) is 5.82 Å². The molecule has 2 atom stereocenters. The van der Waals surface area contributed by atoms with Gasteiger partial charge in [0.15, 0.2) is 0 Å². The number of hydrogen-bond donors (Lipinski definition) is 1. The van der Waals surface area contributed by atoms with E-state index >= 15 is 0 Å². The maximum atomic E-state index is 14.1. The van der Waals surface area contributed by atoms with Gasteiger partial charge in [-0.1, -0.05) is 13.8 Å². The Kier molecular flexibility index (Phi) is 3.31. The molecule has 134 valence electrons. The van der Waals surface area contributed by atoms with Crippen molar-refractivity contribution in [3.8, 4) is 0 Å². The van der Waals surface area contributed by atoms with Gasteiger partial charge < -0.3 is 5.32 Å². The van der Waals surface area contributed by atoms with Crippen molar-refractivity contribution in [1.29, 1.82) is 0 Å². The monoisotopic (exact) mass is 346 g/mol. The van der Waals surface area contributed by atoms with Crippen LogP contribution >= 0.6 is 0 Å². The molecule has 6 heteroatoms. The van der Waals surface area contributed by atoms with Crippen molar-refractivity contribution in [2.24, 2.45) is 22.2 Å². The van der Waals surface area contributed by atoms with Crippen molar-refractivity contribution in [3.63, 3.8) is 0 Å². The molecule has 4 aliphatic rings. The third-order valence-electron chi connectivity index (χ3n) is 6.52. The van der Waals surface area contributed by atoms with E-state index in [1.807, 2.05) is 0 Å². The highest BCUT2D eigenvalue weighted by Crippen LogP contribution is 2.69. The lowest BCUT2D eigenvalue weighted by Gasteiger charge is -2.64. The molecule has 5 nitrogen and oxygen atoms in total. The highest BCUT2D eigenvalue weighted by atomic mass is 19.1. The zero-order valence-electron chi connectivity index (χ0n) is 14.6. The predicted octanol–water partition coefficient (Wildman–Crippen LogP) is 4.67. The summed E-state index contributed by atoms with van der Waals surface area (Å²) in [5.41, 5.74) is -0.439. The summed E-state index contributed by atoms with van der Waals surface area (Å²) in [6.07, 6.45) is 5.99. The van der Waals surface area contributed by atoms with Crippen LogP contribution in [0.4, 0.5) is 15.8 Å². The highest BCUT2D eigenvalue weighted by molar-refractivity contribution is 5.96. The van der Waals surface area contributed by atoms with Gasteiger partial charge in [0.2, 0.25) is 5.91 Å². The summed E-state index contributed by atoms with van der Waals surface area (Å²) < 4.78 is 14.1. The number of carbonyl (C=O) groups excluding carboxylic acids is 1. The van der Waals surface area contributed by atoms with E-state index < -0.39 is 16.2 Å². The smallest absolute Gasteiger partial charge is 0.271 e. The van der Waals surface area contributed by atoms with Crippen LogP contribution in [0, 0.1) is 38.1 Å². The topological polar surface area (TPSA) is 72.2 Å². The van der Waals surface area contributed by atoms with Crippen molar-refractivity contribution >= 4 is 17.3 Å². The zero-order chi connectivity index (χ0) is 18.0. The van der Waals surface area contributed by atoms with Crippen LogP contribution in [0.25, 0.3) is 0 Å². The number of halogens is 1. The molecule has 5 rings (SSSR count). The number of rotatable bonds is 3. The van der Waals surface area contributed by atoms with E-state index in [9.17, 15) is 19.3 Å². The molecule has 2 unspecified atom stereocenters. The second kappa shape index (κ2) is 5.02. The van der Waals surface area contributed by atoms with Gasteiger partial charge in [0.05, 0.1) is 16.0 Å². The minimum Gasteiger partial charge on any atom is -0.323 e. The summed E-state index contributed by atoms with van der Waals surface area (Å²) in [6, 6.07) is 3.25. The highest BCUT2D eigenvalue weighted by Gasteiger charge is 2.62. The van der Waals surface area contributed by atoms with Crippen LogP contribution in [0.5, 0.6) is 0 Å². The van der Waals surface area contributed by atoms with Gasteiger partial charge in [-0.25, -0.2) is 4.39 Å². The summed E-state index contributed by atoms with van der Waals surface area (Å²) in [5.74, 6) is -0.262.